The van der Waals surface area contributed by atoms with Crippen LogP contribution in [0.4, 0.5) is 20.3 Å². The third-order valence-electron chi connectivity index (χ3n) is 5.84. The predicted octanol–water partition coefficient (Wildman–Crippen LogP) is 0.752. The quantitative estimate of drug-likeness (QED) is 0.416. The molecule has 9 nitrogen and oxygen atoms in total. The number of carbonyl (C=O) groups is 2. The highest BCUT2D eigenvalue weighted by atomic mass is 19.3. The van der Waals surface area contributed by atoms with Crippen LogP contribution < -0.4 is 4.90 Å². The molecular weight excluding hydrogens is 376 g/mol. The van der Waals surface area contributed by atoms with Gasteiger partial charge >= 0.3 is 17.6 Å². The number of aromatic nitrogens is 1. The van der Waals surface area contributed by atoms with Crippen molar-refractivity contribution in [2.75, 3.05) is 44.2 Å². The Balaban J connectivity index is 1.31. The van der Waals surface area contributed by atoms with Crippen LogP contribution in [0.1, 0.15) is 6.42 Å². The Hall–Kier alpha value is -2.85. The summed E-state index contributed by atoms with van der Waals surface area (Å²) in [6, 6.07) is 2.90. The summed E-state index contributed by atoms with van der Waals surface area (Å²) in [4.78, 5) is 43.4. The maximum absolute atomic E-state index is 13.5. The fourth-order valence-electron chi connectivity index (χ4n) is 4.17. The first-order chi connectivity index (χ1) is 13.3. The molecule has 2 amide bonds. The average molecular weight is 395 g/mol. The van der Waals surface area contributed by atoms with E-state index in [0.717, 1.165) is 0 Å². The van der Waals surface area contributed by atoms with E-state index < -0.39 is 28.6 Å². The van der Waals surface area contributed by atoms with Crippen molar-refractivity contribution >= 4 is 23.3 Å². The summed E-state index contributed by atoms with van der Waals surface area (Å²) < 4.78 is 27.0. The average Bonchev–Trinajstić information content (AvgIpc) is 3.06. The standard InChI is InChI=1S/C17H19F2N5O4/c18-17(19)7-11-9-23(10-13(11)17)16(26)15(25)22-5-3-21(4-6-22)12-1-2-14(20-8-12)24(27)28/h1-2,8,11,13H,3-7,9-10H2. The summed E-state index contributed by atoms with van der Waals surface area (Å²) in [6.07, 6.45) is 1.19. The van der Waals surface area contributed by atoms with E-state index in [1.54, 1.807) is 6.07 Å². The van der Waals surface area contributed by atoms with Crippen molar-refractivity contribution in [1.82, 2.24) is 14.8 Å². The van der Waals surface area contributed by atoms with Gasteiger partial charge in [-0.2, -0.15) is 0 Å². The molecule has 1 aromatic rings. The van der Waals surface area contributed by atoms with E-state index in [2.05, 4.69) is 4.98 Å². The van der Waals surface area contributed by atoms with E-state index in [-0.39, 0.29) is 31.2 Å². The minimum Gasteiger partial charge on any atom is -0.365 e. The molecule has 0 spiro atoms. The molecule has 1 aromatic heterocycles. The Morgan fingerprint density at radius 1 is 1.11 bits per heavy atom. The summed E-state index contributed by atoms with van der Waals surface area (Å²) in [5.41, 5.74) is 0.697. The van der Waals surface area contributed by atoms with Gasteiger partial charge in [0.1, 0.15) is 0 Å². The van der Waals surface area contributed by atoms with Crippen LogP contribution in [0.5, 0.6) is 0 Å². The van der Waals surface area contributed by atoms with Crippen LogP contribution in [0, 0.1) is 22.0 Å². The second kappa shape index (κ2) is 6.64. The topological polar surface area (TPSA) is 99.9 Å². The zero-order chi connectivity index (χ0) is 20.1. The number of nitro groups is 1. The van der Waals surface area contributed by atoms with Crippen molar-refractivity contribution in [3.8, 4) is 0 Å². The predicted molar refractivity (Wildman–Crippen MR) is 92.8 cm³/mol. The zero-order valence-corrected chi connectivity index (χ0v) is 15.0. The third-order valence-corrected chi connectivity index (χ3v) is 5.84. The number of amides is 2. The summed E-state index contributed by atoms with van der Waals surface area (Å²) in [5, 5.41) is 10.7. The van der Waals surface area contributed by atoms with Gasteiger partial charge in [0, 0.05) is 57.7 Å². The van der Waals surface area contributed by atoms with E-state index in [9.17, 15) is 28.5 Å². The maximum Gasteiger partial charge on any atom is 0.363 e. The van der Waals surface area contributed by atoms with Crippen LogP contribution in [0.15, 0.2) is 18.3 Å². The van der Waals surface area contributed by atoms with Gasteiger partial charge in [0.05, 0.1) is 5.69 Å². The molecule has 3 aliphatic rings. The van der Waals surface area contributed by atoms with Crippen molar-refractivity contribution < 1.29 is 23.3 Å². The molecule has 2 atom stereocenters. The normalized spacial score (nSPS) is 25.9. The lowest BCUT2D eigenvalue weighted by Gasteiger charge is -2.38. The number of halogens is 2. The number of alkyl halides is 2. The Morgan fingerprint density at radius 3 is 2.32 bits per heavy atom. The van der Waals surface area contributed by atoms with Crippen molar-refractivity contribution in [3.05, 3.63) is 28.4 Å². The van der Waals surface area contributed by atoms with Crippen molar-refractivity contribution in [2.45, 2.75) is 12.3 Å². The fraction of sp³-hybridized carbons (Fsp3) is 0.588. The van der Waals surface area contributed by atoms with Crippen LogP contribution in [-0.2, 0) is 9.59 Å². The molecule has 4 rings (SSSR count). The third kappa shape index (κ3) is 3.14. The molecule has 1 aliphatic carbocycles. The second-order valence-electron chi connectivity index (χ2n) is 7.45. The number of anilines is 1. The summed E-state index contributed by atoms with van der Waals surface area (Å²) in [7, 11) is 0. The van der Waals surface area contributed by atoms with Crippen LogP contribution in [0.2, 0.25) is 0 Å². The smallest absolute Gasteiger partial charge is 0.363 e. The first-order valence-electron chi connectivity index (χ1n) is 9.07. The van der Waals surface area contributed by atoms with E-state index >= 15 is 0 Å². The molecule has 2 aliphatic heterocycles. The molecule has 0 bridgehead atoms. The fourth-order valence-corrected chi connectivity index (χ4v) is 4.17. The molecule has 2 saturated heterocycles. The Bertz CT molecular complexity index is 810. The molecule has 1 saturated carbocycles. The Morgan fingerprint density at radius 2 is 1.79 bits per heavy atom. The van der Waals surface area contributed by atoms with Gasteiger partial charge in [-0.05, 0) is 21.9 Å². The van der Waals surface area contributed by atoms with Crippen molar-refractivity contribution in [3.63, 3.8) is 0 Å². The van der Waals surface area contributed by atoms with E-state index in [1.807, 2.05) is 4.90 Å². The highest BCUT2D eigenvalue weighted by molar-refractivity contribution is 6.35. The zero-order valence-electron chi connectivity index (χ0n) is 15.0. The molecule has 3 fully saturated rings. The molecule has 3 heterocycles. The van der Waals surface area contributed by atoms with Gasteiger partial charge in [0.15, 0.2) is 6.20 Å². The minimum atomic E-state index is -2.73. The van der Waals surface area contributed by atoms with Gasteiger partial charge in [-0.3, -0.25) is 9.59 Å². The van der Waals surface area contributed by atoms with Gasteiger partial charge in [0.25, 0.3) is 5.92 Å². The number of pyridine rings is 1. The monoisotopic (exact) mass is 395 g/mol. The molecule has 150 valence electrons. The number of carbonyl (C=O) groups excluding carboxylic acids is 2. The first kappa shape index (κ1) is 18.5. The number of nitrogens with zero attached hydrogens (tertiary/aromatic N) is 5. The Kier molecular flexibility index (Phi) is 4.39. The first-order valence-corrected chi connectivity index (χ1v) is 9.07. The number of hydrogen-bond donors (Lipinski definition) is 0. The summed E-state index contributed by atoms with van der Waals surface area (Å²) >= 11 is 0. The second-order valence-corrected chi connectivity index (χ2v) is 7.45. The summed E-state index contributed by atoms with van der Waals surface area (Å²) in [6.45, 7) is 1.66. The lowest BCUT2D eigenvalue weighted by atomic mass is 9.72. The SMILES string of the molecule is O=C(C(=O)N1CC2CC(F)(F)C2C1)N1CCN(c2ccc([N+](=O)[O-])nc2)CC1. The van der Waals surface area contributed by atoms with Gasteiger partial charge in [0.2, 0.25) is 0 Å². The highest BCUT2D eigenvalue weighted by Gasteiger charge is 2.60. The lowest BCUT2D eigenvalue weighted by Crippen LogP contribution is -2.53. The number of rotatable bonds is 2. The van der Waals surface area contributed by atoms with E-state index in [0.29, 0.717) is 31.9 Å². The van der Waals surface area contributed by atoms with Gasteiger partial charge in [-0.25, -0.2) is 8.78 Å². The van der Waals surface area contributed by atoms with E-state index in [1.165, 1.54) is 22.1 Å². The highest BCUT2D eigenvalue weighted by Crippen LogP contribution is 2.52. The van der Waals surface area contributed by atoms with Crippen molar-refractivity contribution in [2.24, 2.45) is 11.8 Å². The Labute approximate surface area is 159 Å². The lowest BCUT2D eigenvalue weighted by molar-refractivity contribution is -0.389. The number of fused-ring (bicyclic) bond motifs is 1. The van der Waals surface area contributed by atoms with Gasteiger partial charge in [-0.1, -0.05) is 0 Å². The van der Waals surface area contributed by atoms with Crippen LogP contribution in [0.3, 0.4) is 0 Å². The van der Waals surface area contributed by atoms with Crippen molar-refractivity contribution in [1.29, 1.82) is 0 Å². The minimum absolute atomic E-state index is 0.0589. The summed E-state index contributed by atoms with van der Waals surface area (Å²) in [5.74, 6) is -5.38. The molecule has 28 heavy (non-hydrogen) atoms. The molecule has 0 aromatic carbocycles. The molecule has 0 N–H and O–H groups in total. The van der Waals surface area contributed by atoms with Crippen LogP contribution in [-0.4, -0.2) is 76.7 Å². The number of piperazine rings is 1. The van der Waals surface area contributed by atoms with Crippen LogP contribution in [0.25, 0.3) is 0 Å². The van der Waals surface area contributed by atoms with Gasteiger partial charge in [-0.15, -0.1) is 0 Å². The molecule has 0 radical (unpaired) electrons. The molecular formula is C17H19F2N5O4. The number of likely N-dealkylation sites (tertiary alicyclic amines) is 1. The maximum atomic E-state index is 13.5. The van der Waals surface area contributed by atoms with Crippen LogP contribution >= 0.6 is 0 Å². The molecule has 11 heteroatoms. The van der Waals surface area contributed by atoms with Gasteiger partial charge < -0.3 is 24.8 Å². The van der Waals surface area contributed by atoms with E-state index in [4.69, 9.17) is 0 Å². The molecule has 2 unspecified atom stereocenters. The number of hydrogen-bond acceptors (Lipinski definition) is 6. The largest absolute Gasteiger partial charge is 0.365 e.